The number of nitrogens with zero attached hydrogens (tertiary/aromatic N) is 3. The summed E-state index contributed by atoms with van der Waals surface area (Å²) in [6.07, 6.45) is 3.51. The molecule has 2 aromatic carbocycles. The molecule has 4 amide bonds. The number of benzene rings is 2. The normalized spacial score (nSPS) is 18.9. The fourth-order valence-corrected chi connectivity index (χ4v) is 4.78. The van der Waals surface area contributed by atoms with Crippen LogP contribution in [0.2, 0.25) is 0 Å². The van der Waals surface area contributed by atoms with Gasteiger partial charge in [0.1, 0.15) is 5.75 Å². The Kier molecular flexibility index (Phi) is 6.67. The Morgan fingerprint density at radius 3 is 2.63 bits per heavy atom. The summed E-state index contributed by atoms with van der Waals surface area (Å²) < 4.78 is 7.16. The maximum absolute atomic E-state index is 13.3. The van der Waals surface area contributed by atoms with E-state index in [9.17, 15) is 14.4 Å². The number of halogens is 1. The van der Waals surface area contributed by atoms with Crippen LogP contribution in [0.4, 0.5) is 4.79 Å². The average Bonchev–Trinajstić information content (AvgIpc) is 3.56. The van der Waals surface area contributed by atoms with Crippen LogP contribution in [0, 0.1) is 12.0 Å². The topological polar surface area (TPSA) is 158 Å². The fraction of sp³-hybridized carbons (Fsp3) is 0.231. The number of alkyl halides is 1. The molecular weight excluding hydrogens is 510 g/mol. The molecule has 12 heteroatoms. The van der Waals surface area contributed by atoms with Crippen LogP contribution in [0.5, 0.6) is 5.75 Å². The summed E-state index contributed by atoms with van der Waals surface area (Å²) >= 11 is 5.85. The summed E-state index contributed by atoms with van der Waals surface area (Å²) in [4.78, 5) is 40.2. The Morgan fingerprint density at radius 2 is 1.95 bits per heavy atom. The van der Waals surface area contributed by atoms with E-state index in [4.69, 9.17) is 27.8 Å². The van der Waals surface area contributed by atoms with Crippen molar-refractivity contribution in [3.63, 3.8) is 0 Å². The maximum Gasteiger partial charge on any atom is 0.322 e. The second-order valence-electron chi connectivity index (χ2n) is 8.95. The monoisotopic (exact) mass is 533 g/mol. The van der Waals surface area contributed by atoms with Gasteiger partial charge in [-0.15, -0.1) is 11.6 Å². The number of nitrogens with one attached hydrogen (secondary N) is 2. The SMILES string of the molecule is NC#CCOc1ccc2c(c1)C(=O)N(C[C@@]1(c3ccc(-c4cnn(CC(N)Cl)c4)cc3)NC(=O)NC1=O)C2. The molecule has 2 atom stereocenters. The lowest BCUT2D eigenvalue weighted by Gasteiger charge is -2.31. The van der Waals surface area contributed by atoms with Gasteiger partial charge in [-0.25, -0.2) is 4.79 Å². The summed E-state index contributed by atoms with van der Waals surface area (Å²) in [6.45, 7) is 0.676. The first-order valence-corrected chi connectivity index (χ1v) is 12.1. The van der Waals surface area contributed by atoms with Gasteiger partial charge >= 0.3 is 6.03 Å². The van der Waals surface area contributed by atoms with Gasteiger partial charge in [-0.3, -0.25) is 19.6 Å². The summed E-state index contributed by atoms with van der Waals surface area (Å²) in [7, 11) is 0. The quantitative estimate of drug-likeness (QED) is 0.111. The van der Waals surface area contributed by atoms with Crippen molar-refractivity contribution < 1.29 is 19.1 Å². The van der Waals surface area contributed by atoms with Crippen molar-refractivity contribution in [1.82, 2.24) is 25.3 Å². The Balaban J connectivity index is 1.39. The number of nitrogens with two attached hydrogens (primary N) is 2. The van der Waals surface area contributed by atoms with Gasteiger partial charge in [-0.1, -0.05) is 30.3 Å². The number of carbonyl (C=O) groups is 3. The van der Waals surface area contributed by atoms with Crippen molar-refractivity contribution in [3.05, 3.63) is 71.5 Å². The Labute approximate surface area is 223 Å². The fourth-order valence-electron chi connectivity index (χ4n) is 4.64. The van der Waals surface area contributed by atoms with Gasteiger partial charge in [-0.2, -0.15) is 5.10 Å². The number of carbonyl (C=O) groups excluding carboxylic acids is 3. The average molecular weight is 534 g/mol. The van der Waals surface area contributed by atoms with Crippen LogP contribution in [0.3, 0.4) is 0 Å². The van der Waals surface area contributed by atoms with Gasteiger partial charge in [0.2, 0.25) is 0 Å². The third-order valence-electron chi connectivity index (χ3n) is 6.45. The Hall–Kier alpha value is -4.53. The maximum atomic E-state index is 13.3. The summed E-state index contributed by atoms with van der Waals surface area (Å²) in [5, 5.41) is 9.32. The smallest absolute Gasteiger partial charge is 0.322 e. The first kappa shape index (κ1) is 25.1. The van der Waals surface area contributed by atoms with Crippen LogP contribution in [0.1, 0.15) is 21.5 Å². The molecule has 3 heterocycles. The molecule has 0 aliphatic carbocycles. The third-order valence-corrected chi connectivity index (χ3v) is 6.59. The molecule has 0 radical (unpaired) electrons. The number of ether oxygens (including phenoxy) is 1. The van der Waals surface area contributed by atoms with Crippen molar-refractivity contribution in [2.75, 3.05) is 13.2 Å². The van der Waals surface area contributed by atoms with E-state index in [0.29, 0.717) is 23.4 Å². The number of aromatic nitrogens is 2. The van der Waals surface area contributed by atoms with Gasteiger partial charge in [0.25, 0.3) is 11.8 Å². The summed E-state index contributed by atoms with van der Waals surface area (Å²) in [6, 6.07) is 14.0. The number of amides is 4. The second-order valence-corrected chi connectivity index (χ2v) is 9.51. The van der Waals surface area contributed by atoms with Gasteiger partial charge in [0.15, 0.2) is 12.1 Å². The molecule has 38 heavy (non-hydrogen) atoms. The van der Waals surface area contributed by atoms with Crippen molar-refractivity contribution in [1.29, 1.82) is 0 Å². The second kappa shape index (κ2) is 10.1. The molecule has 0 bridgehead atoms. The molecule has 2 aliphatic heterocycles. The van der Waals surface area contributed by atoms with Gasteiger partial charge in [-0.05, 0) is 34.7 Å². The molecule has 0 saturated carbocycles. The van der Waals surface area contributed by atoms with Crippen LogP contribution >= 0.6 is 11.6 Å². The Bertz CT molecular complexity index is 1470. The lowest BCUT2D eigenvalue weighted by molar-refractivity contribution is -0.124. The predicted molar refractivity (Wildman–Crippen MR) is 138 cm³/mol. The lowest BCUT2D eigenvalue weighted by Crippen LogP contribution is -2.52. The van der Waals surface area contributed by atoms with Crippen LogP contribution < -0.4 is 26.8 Å². The molecular formula is C26H24ClN7O4. The van der Waals surface area contributed by atoms with Gasteiger partial charge < -0.3 is 26.4 Å². The molecule has 194 valence electrons. The predicted octanol–water partition coefficient (Wildman–Crippen LogP) is 1.06. The first-order valence-electron chi connectivity index (χ1n) is 11.7. The van der Waals surface area contributed by atoms with Gasteiger partial charge in [0, 0.05) is 29.9 Å². The minimum atomic E-state index is -1.46. The molecule has 11 nitrogen and oxygen atoms in total. The standard InChI is InChI=1S/C26H24ClN7O4/c27-22(29)14-34-13-18(11-30-34)16-2-5-19(6-3-16)26(24(36)31-25(37)32-26)15-33-12-17-4-7-20(38-9-1-8-28)10-21(17)23(33)35/h2-7,10-11,13,22H,9,12,14-15,28-29H2,(H2,31,32,36,37)/t22?,26-/m0/s1. The van der Waals surface area contributed by atoms with Crippen LogP contribution in [-0.2, 0) is 23.4 Å². The number of fused-ring (bicyclic) bond motifs is 1. The van der Waals surface area contributed by atoms with Crippen LogP contribution in [0.15, 0.2) is 54.9 Å². The van der Waals surface area contributed by atoms with E-state index >= 15 is 0 Å². The van der Waals surface area contributed by atoms with Crippen molar-refractivity contribution in [3.8, 4) is 28.8 Å². The Morgan fingerprint density at radius 1 is 1.16 bits per heavy atom. The molecule has 1 aromatic heterocycles. The molecule has 0 spiro atoms. The molecule has 6 N–H and O–H groups in total. The number of hydrogen-bond acceptors (Lipinski definition) is 7. The molecule has 2 aliphatic rings. The van der Waals surface area contributed by atoms with E-state index < -0.39 is 23.0 Å². The zero-order valence-corrected chi connectivity index (χ0v) is 20.9. The highest BCUT2D eigenvalue weighted by Gasteiger charge is 2.50. The highest BCUT2D eigenvalue weighted by Crippen LogP contribution is 2.33. The summed E-state index contributed by atoms with van der Waals surface area (Å²) in [5.74, 6) is 2.27. The molecule has 3 aromatic rings. The van der Waals surface area contributed by atoms with E-state index in [0.717, 1.165) is 16.7 Å². The molecule has 5 rings (SSSR count). The van der Waals surface area contributed by atoms with Crippen LogP contribution in [0.25, 0.3) is 11.1 Å². The van der Waals surface area contributed by atoms with E-state index in [1.54, 1.807) is 41.2 Å². The molecule has 1 unspecified atom stereocenters. The number of rotatable bonds is 8. The zero-order valence-electron chi connectivity index (χ0n) is 20.1. The molecule has 1 saturated heterocycles. The third kappa shape index (κ3) is 4.74. The zero-order chi connectivity index (χ0) is 26.9. The van der Waals surface area contributed by atoms with Crippen LogP contribution in [-0.4, -0.2) is 51.2 Å². The largest absolute Gasteiger partial charge is 0.481 e. The van der Waals surface area contributed by atoms with Crippen molar-refractivity contribution in [2.45, 2.75) is 24.1 Å². The number of hydrogen-bond donors (Lipinski definition) is 4. The van der Waals surface area contributed by atoms with Gasteiger partial charge in [0.05, 0.1) is 24.8 Å². The highest BCUT2D eigenvalue weighted by atomic mass is 35.5. The van der Waals surface area contributed by atoms with E-state index in [-0.39, 0.29) is 25.6 Å². The minimum absolute atomic E-state index is 0.0577. The van der Waals surface area contributed by atoms with Crippen molar-refractivity contribution in [2.24, 2.45) is 11.5 Å². The summed E-state index contributed by atoms with van der Waals surface area (Å²) in [5.41, 5.74) is 12.2. The van der Waals surface area contributed by atoms with Crippen molar-refractivity contribution >= 4 is 29.4 Å². The molecule has 1 fully saturated rings. The first-order chi connectivity index (χ1) is 18.3. The highest BCUT2D eigenvalue weighted by molar-refractivity contribution is 6.20. The number of imide groups is 1. The minimum Gasteiger partial charge on any atom is -0.481 e. The number of urea groups is 1. The lowest BCUT2D eigenvalue weighted by atomic mass is 9.88. The van der Waals surface area contributed by atoms with E-state index in [1.807, 2.05) is 18.3 Å². The van der Waals surface area contributed by atoms with E-state index in [2.05, 4.69) is 27.7 Å². The van der Waals surface area contributed by atoms with E-state index in [1.165, 1.54) is 4.90 Å².